The Bertz CT molecular complexity index is 266. The van der Waals surface area contributed by atoms with E-state index in [1.807, 2.05) is 30.0 Å². The zero-order valence-corrected chi connectivity index (χ0v) is 7.68. The predicted molar refractivity (Wildman–Crippen MR) is 52.8 cm³/mol. The van der Waals surface area contributed by atoms with Crippen LogP contribution in [0, 0.1) is 0 Å². The summed E-state index contributed by atoms with van der Waals surface area (Å²) in [6.07, 6.45) is 1.21. The SMILES string of the molecule is Oc1ccccc1C1CCSC1. The fourth-order valence-electron chi connectivity index (χ4n) is 1.61. The lowest BCUT2D eigenvalue weighted by Gasteiger charge is -2.09. The van der Waals surface area contributed by atoms with Crippen molar-refractivity contribution >= 4 is 11.8 Å². The Hall–Kier alpha value is -0.630. The fourth-order valence-corrected chi connectivity index (χ4v) is 2.86. The molecular weight excluding hydrogens is 168 g/mol. The maximum Gasteiger partial charge on any atom is 0.119 e. The van der Waals surface area contributed by atoms with Crippen LogP contribution >= 0.6 is 11.8 Å². The van der Waals surface area contributed by atoms with Gasteiger partial charge in [0.05, 0.1) is 0 Å². The number of thioether (sulfide) groups is 1. The summed E-state index contributed by atoms with van der Waals surface area (Å²) in [6.45, 7) is 0. The van der Waals surface area contributed by atoms with Gasteiger partial charge >= 0.3 is 0 Å². The van der Waals surface area contributed by atoms with Crippen LogP contribution in [0.4, 0.5) is 0 Å². The Morgan fingerprint density at radius 3 is 2.83 bits per heavy atom. The highest BCUT2D eigenvalue weighted by atomic mass is 32.2. The van der Waals surface area contributed by atoms with Crippen molar-refractivity contribution in [2.75, 3.05) is 11.5 Å². The number of benzene rings is 1. The largest absolute Gasteiger partial charge is 0.508 e. The molecule has 1 saturated heterocycles. The Labute approximate surface area is 76.8 Å². The molecule has 1 aliphatic rings. The van der Waals surface area contributed by atoms with Crippen molar-refractivity contribution in [2.24, 2.45) is 0 Å². The third-order valence-corrected chi connectivity index (χ3v) is 3.47. The fraction of sp³-hybridized carbons (Fsp3) is 0.400. The van der Waals surface area contributed by atoms with Crippen LogP contribution < -0.4 is 0 Å². The Kier molecular flexibility index (Phi) is 2.26. The van der Waals surface area contributed by atoms with Gasteiger partial charge in [0.25, 0.3) is 0 Å². The van der Waals surface area contributed by atoms with Gasteiger partial charge in [-0.3, -0.25) is 0 Å². The lowest BCUT2D eigenvalue weighted by Crippen LogP contribution is -1.95. The van der Waals surface area contributed by atoms with Gasteiger partial charge in [0.1, 0.15) is 5.75 Å². The summed E-state index contributed by atoms with van der Waals surface area (Å²) >= 11 is 1.97. The van der Waals surface area contributed by atoms with E-state index < -0.39 is 0 Å². The standard InChI is InChI=1S/C10H12OS/c11-10-4-2-1-3-9(10)8-5-6-12-7-8/h1-4,8,11H,5-7H2. The summed E-state index contributed by atoms with van der Waals surface area (Å²) < 4.78 is 0. The highest BCUT2D eigenvalue weighted by Gasteiger charge is 2.19. The zero-order chi connectivity index (χ0) is 8.39. The summed E-state index contributed by atoms with van der Waals surface area (Å²) in [5.41, 5.74) is 1.13. The van der Waals surface area contributed by atoms with E-state index >= 15 is 0 Å². The van der Waals surface area contributed by atoms with Gasteiger partial charge < -0.3 is 5.11 Å². The number of rotatable bonds is 1. The molecule has 12 heavy (non-hydrogen) atoms. The molecular formula is C10H12OS. The molecule has 1 aliphatic heterocycles. The van der Waals surface area contributed by atoms with Crippen molar-refractivity contribution in [3.8, 4) is 5.75 Å². The summed E-state index contributed by atoms with van der Waals surface area (Å²) in [5.74, 6) is 3.44. The van der Waals surface area contributed by atoms with Crippen molar-refractivity contribution < 1.29 is 5.11 Å². The molecule has 1 nitrogen and oxygen atoms in total. The lowest BCUT2D eigenvalue weighted by atomic mass is 9.98. The lowest BCUT2D eigenvalue weighted by molar-refractivity contribution is 0.463. The van der Waals surface area contributed by atoms with Gasteiger partial charge in [0.2, 0.25) is 0 Å². The van der Waals surface area contributed by atoms with Crippen LogP contribution in [0.5, 0.6) is 5.75 Å². The van der Waals surface area contributed by atoms with Crippen molar-refractivity contribution in [1.29, 1.82) is 0 Å². The minimum absolute atomic E-state index is 0.463. The van der Waals surface area contributed by atoms with E-state index in [2.05, 4.69) is 0 Å². The van der Waals surface area contributed by atoms with Crippen LogP contribution in [-0.4, -0.2) is 16.6 Å². The first kappa shape index (κ1) is 7.99. The van der Waals surface area contributed by atoms with Crippen LogP contribution in [0.25, 0.3) is 0 Å². The molecule has 1 N–H and O–H groups in total. The van der Waals surface area contributed by atoms with Gasteiger partial charge in [0.15, 0.2) is 0 Å². The molecule has 1 atom stereocenters. The van der Waals surface area contributed by atoms with E-state index in [0.717, 1.165) is 11.3 Å². The number of aromatic hydroxyl groups is 1. The molecule has 0 radical (unpaired) electrons. The predicted octanol–water partition coefficient (Wildman–Crippen LogP) is 2.61. The third-order valence-electron chi connectivity index (χ3n) is 2.31. The van der Waals surface area contributed by atoms with E-state index in [0.29, 0.717) is 11.7 Å². The summed E-state index contributed by atoms with van der Waals surface area (Å²) in [6, 6.07) is 7.68. The smallest absolute Gasteiger partial charge is 0.119 e. The van der Waals surface area contributed by atoms with Crippen LogP contribution in [0.1, 0.15) is 17.9 Å². The van der Waals surface area contributed by atoms with Gasteiger partial charge in [-0.05, 0) is 29.7 Å². The second kappa shape index (κ2) is 3.40. The highest BCUT2D eigenvalue weighted by molar-refractivity contribution is 7.99. The number of para-hydroxylation sites is 1. The molecule has 0 saturated carbocycles. The maximum atomic E-state index is 9.56. The van der Waals surface area contributed by atoms with Crippen molar-refractivity contribution in [3.63, 3.8) is 0 Å². The average Bonchev–Trinajstić information content (AvgIpc) is 2.57. The average molecular weight is 180 g/mol. The second-order valence-corrected chi connectivity index (χ2v) is 4.27. The first-order valence-electron chi connectivity index (χ1n) is 4.23. The molecule has 1 aromatic carbocycles. The molecule has 1 aromatic rings. The molecule has 1 heterocycles. The molecule has 0 aliphatic carbocycles. The van der Waals surface area contributed by atoms with Gasteiger partial charge in [-0.2, -0.15) is 11.8 Å². The number of phenols is 1. The summed E-state index contributed by atoms with van der Waals surface area (Å²) in [4.78, 5) is 0. The molecule has 0 aromatic heterocycles. The topological polar surface area (TPSA) is 20.2 Å². The van der Waals surface area contributed by atoms with E-state index in [1.165, 1.54) is 12.2 Å². The van der Waals surface area contributed by atoms with Crippen LogP contribution in [0.3, 0.4) is 0 Å². The molecule has 64 valence electrons. The van der Waals surface area contributed by atoms with Crippen molar-refractivity contribution in [3.05, 3.63) is 29.8 Å². The van der Waals surface area contributed by atoms with E-state index in [9.17, 15) is 5.11 Å². The van der Waals surface area contributed by atoms with E-state index in [1.54, 1.807) is 6.07 Å². The Morgan fingerprint density at radius 1 is 1.33 bits per heavy atom. The molecule has 0 bridgehead atoms. The third kappa shape index (κ3) is 1.44. The number of hydrogen-bond donors (Lipinski definition) is 1. The number of phenolic OH excluding ortho intramolecular Hbond substituents is 1. The molecule has 2 heteroatoms. The van der Waals surface area contributed by atoms with E-state index in [-0.39, 0.29) is 0 Å². The molecule has 0 amide bonds. The van der Waals surface area contributed by atoms with Crippen molar-refractivity contribution in [1.82, 2.24) is 0 Å². The van der Waals surface area contributed by atoms with Crippen LogP contribution in [-0.2, 0) is 0 Å². The normalized spacial score (nSPS) is 22.8. The Balaban J connectivity index is 2.26. The van der Waals surface area contributed by atoms with Gasteiger partial charge in [-0.15, -0.1) is 0 Å². The quantitative estimate of drug-likeness (QED) is 0.717. The summed E-state index contributed by atoms with van der Waals surface area (Å²) in [5, 5.41) is 9.56. The van der Waals surface area contributed by atoms with Crippen molar-refractivity contribution in [2.45, 2.75) is 12.3 Å². The molecule has 2 rings (SSSR count). The van der Waals surface area contributed by atoms with Gasteiger partial charge in [-0.1, -0.05) is 18.2 Å². The molecule has 1 unspecified atom stereocenters. The van der Waals surface area contributed by atoms with Gasteiger partial charge in [-0.25, -0.2) is 0 Å². The highest BCUT2D eigenvalue weighted by Crippen LogP contribution is 2.36. The second-order valence-electron chi connectivity index (χ2n) is 3.12. The van der Waals surface area contributed by atoms with E-state index in [4.69, 9.17) is 0 Å². The number of hydrogen-bond acceptors (Lipinski definition) is 2. The zero-order valence-electron chi connectivity index (χ0n) is 6.86. The monoisotopic (exact) mass is 180 g/mol. The minimum atomic E-state index is 0.463. The van der Waals surface area contributed by atoms with Crippen LogP contribution in [0.2, 0.25) is 0 Å². The van der Waals surface area contributed by atoms with Crippen LogP contribution in [0.15, 0.2) is 24.3 Å². The summed E-state index contributed by atoms with van der Waals surface area (Å²) in [7, 11) is 0. The molecule has 0 spiro atoms. The first-order valence-corrected chi connectivity index (χ1v) is 5.39. The maximum absolute atomic E-state index is 9.56. The van der Waals surface area contributed by atoms with Gasteiger partial charge in [0, 0.05) is 5.75 Å². The first-order chi connectivity index (χ1) is 5.88. The Morgan fingerprint density at radius 2 is 2.17 bits per heavy atom. The molecule has 1 fully saturated rings. The minimum Gasteiger partial charge on any atom is -0.508 e.